The first-order chi connectivity index (χ1) is 9.77. The minimum atomic E-state index is -5.14. The van der Waals surface area contributed by atoms with Gasteiger partial charge in [-0.2, -0.15) is 13.2 Å². The maximum absolute atomic E-state index is 13.2. The zero-order valence-corrected chi connectivity index (χ0v) is 11.8. The van der Waals surface area contributed by atoms with E-state index in [0.717, 1.165) is 12.1 Å². The van der Waals surface area contributed by atoms with Crippen molar-refractivity contribution in [3.63, 3.8) is 0 Å². The lowest BCUT2D eigenvalue weighted by Gasteiger charge is -2.29. The molecule has 21 heavy (non-hydrogen) atoms. The van der Waals surface area contributed by atoms with E-state index in [-0.39, 0.29) is 12.3 Å². The summed E-state index contributed by atoms with van der Waals surface area (Å²) in [5.74, 6) is -1.37. The molecular weight excluding hydrogens is 287 g/mol. The highest BCUT2D eigenvalue weighted by atomic mass is 19.4. The van der Waals surface area contributed by atoms with Gasteiger partial charge in [-0.3, -0.25) is 4.79 Å². The van der Waals surface area contributed by atoms with Crippen LogP contribution in [0.3, 0.4) is 0 Å². The Morgan fingerprint density at radius 2 is 2.05 bits per heavy atom. The fraction of sp³-hybridized carbons (Fsp3) is 0.500. The number of aliphatic hydroxyl groups is 1. The number of hydrogen-bond donors (Lipinski definition) is 2. The van der Waals surface area contributed by atoms with Crippen LogP contribution in [0.1, 0.15) is 25.3 Å². The molecule has 0 aromatic heterocycles. The predicted molar refractivity (Wildman–Crippen MR) is 70.9 cm³/mol. The molecular formula is C14H18F3NO3. The fourth-order valence-corrected chi connectivity index (χ4v) is 1.78. The van der Waals surface area contributed by atoms with Gasteiger partial charge < -0.3 is 15.2 Å². The molecule has 0 saturated heterocycles. The molecule has 2 N–H and O–H groups in total. The van der Waals surface area contributed by atoms with Gasteiger partial charge in [0.25, 0.3) is 11.5 Å². The number of hydrogen-bond acceptors (Lipinski definition) is 3. The second kappa shape index (κ2) is 6.80. The van der Waals surface area contributed by atoms with Gasteiger partial charge in [-0.25, -0.2) is 0 Å². The molecule has 1 amide bonds. The van der Waals surface area contributed by atoms with Crippen molar-refractivity contribution >= 4 is 5.91 Å². The van der Waals surface area contributed by atoms with E-state index in [9.17, 15) is 23.1 Å². The Balaban J connectivity index is 3.17. The van der Waals surface area contributed by atoms with E-state index in [2.05, 4.69) is 5.32 Å². The third-order valence-electron chi connectivity index (χ3n) is 3.04. The molecule has 0 spiro atoms. The number of carbonyl (C=O) groups excluding carboxylic acids is 1. The summed E-state index contributed by atoms with van der Waals surface area (Å²) in [4.78, 5) is 11.9. The van der Waals surface area contributed by atoms with Crippen molar-refractivity contribution in [2.75, 3.05) is 13.7 Å². The zero-order chi connectivity index (χ0) is 16.1. The molecule has 0 radical (unpaired) electrons. The smallest absolute Gasteiger partial charge is 0.430 e. The van der Waals surface area contributed by atoms with E-state index < -0.39 is 23.2 Å². The number of alkyl halides is 3. The molecule has 0 fully saturated rings. The van der Waals surface area contributed by atoms with Crippen molar-refractivity contribution in [2.45, 2.75) is 31.5 Å². The van der Waals surface area contributed by atoms with Crippen LogP contribution < -0.4 is 10.1 Å². The van der Waals surface area contributed by atoms with E-state index in [1.54, 1.807) is 0 Å². The van der Waals surface area contributed by atoms with Gasteiger partial charge in [0, 0.05) is 12.1 Å². The van der Waals surface area contributed by atoms with Gasteiger partial charge in [-0.1, -0.05) is 25.5 Å². The topological polar surface area (TPSA) is 58.6 Å². The van der Waals surface area contributed by atoms with Crippen LogP contribution in [-0.4, -0.2) is 30.8 Å². The molecule has 0 bridgehead atoms. The van der Waals surface area contributed by atoms with Gasteiger partial charge in [0.05, 0.1) is 7.11 Å². The highest BCUT2D eigenvalue weighted by molar-refractivity contribution is 5.87. The third kappa shape index (κ3) is 3.66. The van der Waals surface area contributed by atoms with Crippen LogP contribution in [0.25, 0.3) is 0 Å². The third-order valence-corrected chi connectivity index (χ3v) is 3.04. The lowest BCUT2D eigenvalue weighted by atomic mass is 9.91. The second-order valence-corrected chi connectivity index (χ2v) is 4.55. The first-order valence-corrected chi connectivity index (χ1v) is 6.49. The number of rotatable bonds is 6. The van der Waals surface area contributed by atoms with Crippen molar-refractivity contribution in [3.8, 4) is 5.75 Å². The molecule has 0 aliphatic heterocycles. The Morgan fingerprint density at radius 1 is 1.38 bits per heavy atom. The van der Waals surface area contributed by atoms with Crippen LogP contribution in [0.5, 0.6) is 5.75 Å². The molecule has 7 heteroatoms. The standard InChI is InChI=1S/C14H18F3NO3/c1-3-4-8-18-12(19)13(20,14(15,16)17)10-6-5-7-11(9-10)21-2/h5-7,9,20H,3-4,8H2,1-2H3,(H,18,19)/t13-/m1/s1. The summed E-state index contributed by atoms with van der Waals surface area (Å²) in [6.45, 7) is 1.90. The lowest BCUT2D eigenvalue weighted by Crippen LogP contribution is -2.54. The number of methoxy groups -OCH3 is 1. The molecule has 1 rings (SSSR count). The maximum atomic E-state index is 13.2. The molecule has 0 heterocycles. The van der Waals surface area contributed by atoms with Crippen LogP contribution in [-0.2, 0) is 10.4 Å². The fourth-order valence-electron chi connectivity index (χ4n) is 1.78. The van der Waals surface area contributed by atoms with Crippen molar-refractivity contribution in [3.05, 3.63) is 29.8 Å². The average molecular weight is 305 g/mol. The maximum Gasteiger partial charge on any atom is 0.430 e. The number of ether oxygens (including phenoxy) is 1. The predicted octanol–water partition coefficient (Wildman–Crippen LogP) is 2.36. The van der Waals surface area contributed by atoms with E-state index in [1.165, 1.54) is 19.2 Å². The Labute approximate surface area is 120 Å². The summed E-state index contributed by atoms with van der Waals surface area (Å²) in [5.41, 5.74) is -4.18. The van der Waals surface area contributed by atoms with Gasteiger partial charge in [-0.05, 0) is 18.6 Å². The number of carbonyl (C=O) groups is 1. The van der Waals surface area contributed by atoms with Crippen LogP contribution in [0.2, 0.25) is 0 Å². The van der Waals surface area contributed by atoms with Gasteiger partial charge >= 0.3 is 6.18 Å². The Bertz CT molecular complexity index is 491. The van der Waals surface area contributed by atoms with Gasteiger partial charge in [-0.15, -0.1) is 0 Å². The number of benzene rings is 1. The Kier molecular flexibility index (Phi) is 5.60. The minimum Gasteiger partial charge on any atom is -0.497 e. The highest BCUT2D eigenvalue weighted by Gasteiger charge is 2.60. The number of amides is 1. The second-order valence-electron chi connectivity index (χ2n) is 4.55. The normalized spacial score (nSPS) is 14.4. The molecule has 0 unspecified atom stereocenters. The molecule has 0 aliphatic carbocycles. The van der Waals surface area contributed by atoms with E-state index in [4.69, 9.17) is 4.74 Å². The molecule has 4 nitrogen and oxygen atoms in total. The minimum absolute atomic E-state index is 0.0672. The Hall–Kier alpha value is -1.76. The van der Waals surface area contributed by atoms with Crippen LogP contribution in [0.15, 0.2) is 24.3 Å². The number of nitrogens with one attached hydrogen (secondary N) is 1. The molecule has 0 saturated carbocycles. The molecule has 1 aromatic carbocycles. The summed E-state index contributed by atoms with van der Waals surface area (Å²) in [6, 6.07) is 4.74. The summed E-state index contributed by atoms with van der Waals surface area (Å²) < 4.78 is 44.5. The highest BCUT2D eigenvalue weighted by Crippen LogP contribution is 2.40. The molecule has 1 aromatic rings. The van der Waals surface area contributed by atoms with Crippen molar-refractivity contribution < 1.29 is 27.8 Å². The van der Waals surface area contributed by atoms with Crippen molar-refractivity contribution in [1.29, 1.82) is 0 Å². The van der Waals surface area contributed by atoms with Crippen LogP contribution >= 0.6 is 0 Å². The zero-order valence-electron chi connectivity index (χ0n) is 11.8. The number of unbranched alkanes of at least 4 members (excludes halogenated alkanes) is 1. The quantitative estimate of drug-likeness (QED) is 0.793. The summed E-state index contributed by atoms with van der Waals surface area (Å²) >= 11 is 0. The van der Waals surface area contributed by atoms with Crippen LogP contribution in [0.4, 0.5) is 13.2 Å². The monoisotopic (exact) mass is 305 g/mol. The van der Waals surface area contributed by atoms with E-state index in [0.29, 0.717) is 12.8 Å². The average Bonchev–Trinajstić information content (AvgIpc) is 2.45. The first kappa shape index (κ1) is 17.3. The van der Waals surface area contributed by atoms with Crippen molar-refractivity contribution in [1.82, 2.24) is 5.32 Å². The largest absolute Gasteiger partial charge is 0.497 e. The summed E-state index contributed by atoms with van der Waals surface area (Å²) in [7, 11) is 1.28. The molecule has 0 aliphatic rings. The summed E-state index contributed by atoms with van der Waals surface area (Å²) in [5, 5.41) is 12.1. The van der Waals surface area contributed by atoms with E-state index >= 15 is 0 Å². The lowest BCUT2D eigenvalue weighted by molar-refractivity contribution is -0.257. The van der Waals surface area contributed by atoms with E-state index in [1.807, 2.05) is 6.92 Å². The Morgan fingerprint density at radius 3 is 2.57 bits per heavy atom. The molecule has 118 valence electrons. The molecule has 1 atom stereocenters. The van der Waals surface area contributed by atoms with Gasteiger partial charge in [0.15, 0.2) is 0 Å². The van der Waals surface area contributed by atoms with Gasteiger partial charge in [0.1, 0.15) is 5.75 Å². The van der Waals surface area contributed by atoms with Gasteiger partial charge in [0.2, 0.25) is 0 Å². The van der Waals surface area contributed by atoms with Crippen LogP contribution in [0, 0.1) is 0 Å². The first-order valence-electron chi connectivity index (χ1n) is 6.49. The SMILES string of the molecule is CCCCNC(=O)[C@](O)(c1cccc(OC)c1)C(F)(F)F. The number of halogens is 3. The summed E-state index contributed by atoms with van der Waals surface area (Å²) in [6.07, 6.45) is -3.91. The van der Waals surface area contributed by atoms with Crippen molar-refractivity contribution in [2.24, 2.45) is 0 Å².